The van der Waals surface area contributed by atoms with E-state index in [-0.39, 0.29) is 5.91 Å². The van der Waals surface area contributed by atoms with E-state index < -0.39 is 0 Å². The maximum absolute atomic E-state index is 11.5. The smallest absolute Gasteiger partial charge is 0.234 e. The molecule has 0 aliphatic heterocycles. The van der Waals surface area contributed by atoms with Gasteiger partial charge >= 0.3 is 0 Å². The van der Waals surface area contributed by atoms with Crippen molar-refractivity contribution in [2.24, 2.45) is 0 Å². The Morgan fingerprint density at radius 2 is 1.80 bits per heavy atom. The highest BCUT2D eigenvalue weighted by atomic mass is 16.5. The van der Waals surface area contributed by atoms with Crippen LogP contribution in [0.15, 0.2) is 18.2 Å². The molecule has 0 unspecified atom stereocenters. The lowest BCUT2D eigenvalue weighted by Crippen LogP contribution is -2.37. The standard InChI is InChI=1S/C15H24N2O3/c1-12-8-13(2)10-14(9-12)20-7-5-17-15(18)11-16-4-6-19-3/h8-10,16H,4-7,11H2,1-3H3,(H,17,18). The van der Waals surface area contributed by atoms with Crippen LogP contribution in [0.25, 0.3) is 0 Å². The van der Waals surface area contributed by atoms with E-state index in [4.69, 9.17) is 9.47 Å². The molecule has 2 N–H and O–H groups in total. The lowest BCUT2D eigenvalue weighted by Gasteiger charge is -2.09. The molecule has 1 amide bonds. The molecule has 20 heavy (non-hydrogen) atoms. The zero-order valence-corrected chi connectivity index (χ0v) is 12.5. The highest BCUT2D eigenvalue weighted by molar-refractivity contribution is 5.77. The van der Waals surface area contributed by atoms with Crippen molar-refractivity contribution in [2.75, 3.05) is 40.0 Å². The van der Waals surface area contributed by atoms with Crippen molar-refractivity contribution in [1.82, 2.24) is 10.6 Å². The summed E-state index contributed by atoms with van der Waals surface area (Å²) in [4.78, 5) is 11.5. The van der Waals surface area contributed by atoms with Gasteiger partial charge in [-0.2, -0.15) is 0 Å². The number of hydrogen-bond acceptors (Lipinski definition) is 4. The van der Waals surface area contributed by atoms with Gasteiger partial charge in [-0.3, -0.25) is 4.79 Å². The normalized spacial score (nSPS) is 10.3. The van der Waals surface area contributed by atoms with Crippen LogP contribution in [0.1, 0.15) is 11.1 Å². The second-order valence-corrected chi connectivity index (χ2v) is 4.69. The third-order valence-corrected chi connectivity index (χ3v) is 2.66. The van der Waals surface area contributed by atoms with E-state index >= 15 is 0 Å². The number of ether oxygens (including phenoxy) is 2. The quantitative estimate of drug-likeness (QED) is 0.663. The number of amides is 1. The molecule has 5 nitrogen and oxygen atoms in total. The predicted molar refractivity (Wildman–Crippen MR) is 79.2 cm³/mol. The van der Waals surface area contributed by atoms with Crippen LogP contribution in [-0.2, 0) is 9.53 Å². The summed E-state index contributed by atoms with van der Waals surface area (Å²) in [6.07, 6.45) is 0. The van der Waals surface area contributed by atoms with Gasteiger partial charge in [-0.15, -0.1) is 0 Å². The highest BCUT2D eigenvalue weighted by Gasteiger charge is 2.00. The van der Waals surface area contributed by atoms with Crippen molar-refractivity contribution in [3.05, 3.63) is 29.3 Å². The summed E-state index contributed by atoms with van der Waals surface area (Å²) in [5, 5.41) is 5.77. The van der Waals surface area contributed by atoms with Gasteiger partial charge in [-0.1, -0.05) is 6.07 Å². The SMILES string of the molecule is COCCNCC(=O)NCCOc1cc(C)cc(C)c1. The molecule has 0 spiro atoms. The number of carbonyl (C=O) groups excluding carboxylic acids is 1. The van der Waals surface area contributed by atoms with Crippen molar-refractivity contribution < 1.29 is 14.3 Å². The van der Waals surface area contributed by atoms with E-state index in [0.717, 1.165) is 5.75 Å². The van der Waals surface area contributed by atoms with E-state index in [2.05, 4.69) is 16.7 Å². The molecule has 0 fully saturated rings. The Morgan fingerprint density at radius 1 is 1.10 bits per heavy atom. The van der Waals surface area contributed by atoms with Gasteiger partial charge in [0.15, 0.2) is 0 Å². The zero-order chi connectivity index (χ0) is 14.8. The molecular formula is C15H24N2O3. The lowest BCUT2D eigenvalue weighted by molar-refractivity contribution is -0.120. The number of benzene rings is 1. The van der Waals surface area contributed by atoms with Gasteiger partial charge in [0, 0.05) is 13.7 Å². The van der Waals surface area contributed by atoms with Crippen LogP contribution in [0.4, 0.5) is 0 Å². The molecule has 5 heteroatoms. The fourth-order valence-electron chi connectivity index (χ4n) is 1.81. The van der Waals surface area contributed by atoms with Crippen molar-refractivity contribution in [3.8, 4) is 5.75 Å². The van der Waals surface area contributed by atoms with Crippen molar-refractivity contribution in [1.29, 1.82) is 0 Å². The fourth-order valence-corrected chi connectivity index (χ4v) is 1.81. The molecule has 0 radical (unpaired) electrons. The minimum Gasteiger partial charge on any atom is -0.492 e. The molecule has 0 saturated carbocycles. The maximum atomic E-state index is 11.5. The summed E-state index contributed by atoms with van der Waals surface area (Å²) in [5.41, 5.74) is 2.35. The van der Waals surface area contributed by atoms with Crippen LogP contribution in [0, 0.1) is 13.8 Å². The molecule has 0 heterocycles. The number of nitrogens with one attached hydrogen (secondary N) is 2. The molecule has 1 aromatic rings. The predicted octanol–water partition coefficient (Wildman–Crippen LogP) is 1.03. The highest BCUT2D eigenvalue weighted by Crippen LogP contribution is 2.15. The van der Waals surface area contributed by atoms with Gasteiger partial charge in [0.25, 0.3) is 0 Å². The van der Waals surface area contributed by atoms with E-state index in [1.165, 1.54) is 11.1 Å². The summed E-state index contributed by atoms with van der Waals surface area (Å²) in [6.45, 7) is 6.60. The van der Waals surface area contributed by atoms with Crippen LogP contribution in [0.2, 0.25) is 0 Å². The van der Waals surface area contributed by atoms with Crippen LogP contribution in [0.3, 0.4) is 0 Å². The van der Waals surface area contributed by atoms with Crippen molar-refractivity contribution >= 4 is 5.91 Å². The van der Waals surface area contributed by atoms with Gasteiger partial charge in [0.1, 0.15) is 12.4 Å². The van der Waals surface area contributed by atoms with Crippen LogP contribution in [0.5, 0.6) is 5.75 Å². The van der Waals surface area contributed by atoms with E-state index in [9.17, 15) is 4.79 Å². The summed E-state index contributed by atoms with van der Waals surface area (Å²) >= 11 is 0. The summed E-state index contributed by atoms with van der Waals surface area (Å²) in [6, 6.07) is 6.07. The number of methoxy groups -OCH3 is 1. The summed E-state index contributed by atoms with van der Waals surface area (Å²) < 4.78 is 10.5. The lowest BCUT2D eigenvalue weighted by atomic mass is 10.1. The van der Waals surface area contributed by atoms with Crippen molar-refractivity contribution in [3.63, 3.8) is 0 Å². The summed E-state index contributed by atoms with van der Waals surface area (Å²) in [7, 11) is 1.63. The first-order valence-electron chi connectivity index (χ1n) is 6.79. The van der Waals surface area contributed by atoms with E-state index in [1.54, 1.807) is 7.11 Å². The number of aryl methyl sites for hydroxylation is 2. The number of rotatable bonds is 9. The molecule has 0 aliphatic rings. The van der Waals surface area contributed by atoms with Crippen LogP contribution < -0.4 is 15.4 Å². The zero-order valence-electron chi connectivity index (χ0n) is 12.5. The number of hydrogen-bond donors (Lipinski definition) is 2. The van der Waals surface area contributed by atoms with Gasteiger partial charge in [-0.25, -0.2) is 0 Å². The fraction of sp³-hybridized carbons (Fsp3) is 0.533. The summed E-state index contributed by atoms with van der Waals surface area (Å²) in [5.74, 6) is 0.806. The molecule has 1 aromatic carbocycles. The van der Waals surface area contributed by atoms with Gasteiger partial charge < -0.3 is 20.1 Å². The van der Waals surface area contributed by atoms with Gasteiger partial charge in [0.05, 0.1) is 19.7 Å². The first-order chi connectivity index (χ1) is 9.61. The van der Waals surface area contributed by atoms with Crippen LogP contribution in [-0.4, -0.2) is 45.9 Å². The Labute approximate surface area is 120 Å². The Balaban J connectivity index is 2.13. The monoisotopic (exact) mass is 280 g/mol. The Kier molecular flexibility index (Phi) is 7.69. The molecule has 1 rings (SSSR count). The maximum Gasteiger partial charge on any atom is 0.234 e. The first kappa shape index (κ1) is 16.5. The van der Waals surface area contributed by atoms with E-state index in [0.29, 0.717) is 32.8 Å². The number of carbonyl (C=O) groups is 1. The molecule has 0 bridgehead atoms. The largest absolute Gasteiger partial charge is 0.492 e. The van der Waals surface area contributed by atoms with Gasteiger partial charge in [0.2, 0.25) is 5.91 Å². The topological polar surface area (TPSA) is 59.6 Å². The van der Waals surface area contributed by atoms with Crippen molar-refractivity contribution in [2.45, 2.75) is 13.8 Å². The average molecular weight is 280 g/mol. The second kappa shape index (κ2) is 9.34. The van der Waals surface area contributed by atoms with E-state index in [1.807, 2.05) is 26.0 Å². The Morgan fingerprint density at radius 3 is 2.45 bits per heavy atom. The van der Waals surface area contributed by atoms with Crippen LogP contribution >= 0.6 is 0 Å². The molecule has 0 aromatic heterocycles. The Hall–Kier alpha value is -1.59. The minimum absolute atomic E-state index is 0.0369. The molecule has 112 valence electrons. The molecule has 0 aliphatic carbocycles. The first-order valence-corrected chi connectivity index (χ1v) is 6.79. The molecule has 0 saturated heterocycles. The van der Waals surface area contributed by atoms with Gasteiger partial charge in [-0.05, 0) is 37.1 Å². The minimum atomic E-state index is -0.0369. The molecule has 0 atom stereocenters. The second-order valence-electron chi connectivity index (χ2n) is 4.69. The molecular weight excluding hydrogens is 256 g/mol. The Bertz CT molecular complexity index is 401. The average Bonchev–Trinajstić information content (AvgIpc) is 2.39. The third kappa shape index (κ3) is 7.11. The third-order valence-electron chi connectivity index (χ3n) is 2.66.